The van der Waals surface area contributed by atoms with Gasteiger partial charge >= 0.3 is 19.2 Å². The fourth-order valence-corrected chi connectivity index (χ4v) is 13.2. The lowest BCUT2D eigenvalue weighted by atomic mass is 9.99. The van der Waals surface area contributed by atoms with E-state index >= 15 is 0 Å². The Bertz CT molecular complexity index is 2250. The van der Waals surface area contributed by atoms with Crippen LogP contribution in [0.5, 0.6) is 0 Å². The van der Waals surface area contributed by atoms with Gasteiger partial charge in [-0.3, -0.25) is 37.7 Å². The highest BCUT2D eigenvalue weighted by atomic mass is 31.2. The van der Waals surface area contributed by atoms with Gasteiger partial charge in [-0.25, -0.2) is 14.2 Å². The van der Waals surface area contributed by atoms with Crippen LogP contribution in [-0.2, 0) is 27.5 Å². The van der Waals surface area contributed by atoms with Crippen molar-refractivity contribution < 1.29 is 42.6 Å². The molecule has 302 valence electrons. The SMILES string of the molecule is Cc1cn([C@@H]2O[C@H](CO)[C@@H](CO)[C@H]2OP(=O)(O)OC[C@H]2O[C@@H](n3cc(C)c(=O)[nH]c3=O)C[C@@H]2O[Si](c2ccccc2)(c2ccccc2)C(C)(C)C)c(=O)[nH]c1=O. The quantitative estimate of drug-likeness (QED) is 0.0936. The normalized spacial score (nSPS) is 25.3. The van der Waals surface area contributed by atoms with Gasteiger partial charge < -0.3 is 29.0 Å². The molecule has 0 radical (unpaired) electrons. The average molecular weight is 815 g/mol. The topological polar surface area (TPSA) is 234 Å². The first-order valence-electron chi connectivity index (χ1n) is 18.1. The summed E-state index contributed by atoms with van der Waals surface area (Å²) in [5, 5.41) is 21.7. The Morgan fingerprint density at radius 1 is 0.821 bits per heavy atom. The highest BCUT2D eigenvalue weighted by Crippen LogP contribution is 2.51. The largest absolute Gasteiger partial charge is 0.472 e. The van der Waals surface area contributed by atoms with E-state index in [2.05, 4.69) is 30.7 Å². The van der Waals surface area contributed by atoms with Crippen molar-refractivity contribution in [2.45, 2.75) is 82.9 Å². The molecular weight excluding hydrogens is 767 g/mol. The van der Waals surface area contributed by atoms with Gasteiger partial charge in [-0.2, -0.15) is 0 Å². The van der Waals surface area contributed by atoms with Gasteiger partial charge in [-0.05, 0) is 29.3 Å². The van der Waals surface area contributed by atoms with Gasteiger partial charge in [-0.1, -0.05) is 81.4 Å². The molecule has 2 aliphatic heterocycles. The molecule has 5 N–H and O–H groups in total. The standard InChI is InChI=1S/C37H47N4O13PSi/c1-22-17-40(35(46)38-32(22)44)30-16-27(54-56(37(3,4)5,24-12-8-6-9-13-24)25-14-10-7-11-15-25)29(51-30)21-50-55(48,49)53-31-26(19-42)28(20-43)52-34(31)41-18-23(2)33(45)39-36(41)47/h6-15,17-18,26-31,34,42-43H,16,19-21H2,1-5H3,(H,48,49)(H,38,44,46)(H,39,45,47)/t26-,27+,28-,29-,30-,31-,34-/m1/s1. The van der Waals surface area contributed by atoms with Crippen molar-refractivity contribution in [3.63, 3.8) is 0 Å². The van der Waals surface area contributed by atoms with Crippen molar-refractivity contribution in [2.75, 3.05) is 19.8 Å². The summed E-state index contributed by atoms with van der Waals surface area (Å²) in [6, 6.07) is 19.5. The Morgan fingerprint density at radius 3 is 1.88 bits per heavy atom. The number of nitrogens with zero attached hydrogens (tertiary/aromatic N) is 2. The number of rotatable bonds is 13. The number of aromatic nitrogens is 4. The van der Waals surface area contributed by atoms with Crippen molar-refractivity contribution in [2.24, 2.45) is 5.92 Å². The van der Waals surface area contributed by atoms with E-state index in [1.807, 2.05) is 60.7 Å². The van der Waals surface area contributed by atoms with Gasteiger partial charge in [0.15, 0.2) is 6.23 Å². The van der Waals surface area contributed by atoms with E-state index in [0.717, 1.165) is 14.9 Å². The number of nitrogens with one attached hydrogen (secondary N) is 2. The number of hydrogen-bond donors (Lipinski definition) is 5. The van der Waals surface area contributed by atoms with Gasteiger partial charge in [0, 0.05) is 35.9 Å². The number of aliphatic hydroxyl groups excluding tert-OH is 2. The molecule has 4 aromatic rings. The van der Waals surface area contributed by atoms with Crippen molar-refractivity contribution in [3.05, 3.63) is 126 Å². The summed E-state index contributed by atoms with van der Waals surface area (Å²) in [5.41, 5.74) is -2.46. The molecule has 4 heterocycles. The van der Waals surface area contributed by atoms with Crippen LogP contribution in [0, 0.1) is 19.8 Å². The maximum Gasteiger partial charge on any atom is 0.472 e. The highest BCUT2D eigenvalue weighted by molar-refractivity contribution is 7.47. The summed E-state index contributed by atoms with van der Waals surface area (Å²) in [6.45, 7) is 7.34. The number of aromatic amines is 2. The van der Waals surface area contributed by atoms with Crippen LogP contribution in [0.3, 0.4) is 0 Å². The van der Waals surface area contributed by atoms with Gasteiger partial charge in [0.05, 0.1) is 32.0 Å². The Labute approximate surface area is 322 Å². The predicted molar refractivity (Wildman–Crippen MR) is 205 cm³/mol. The van der Waals surface area contributed by atoms with Crippen molar-refractivity contribution in [1.82, 2.24) is 19.1 Å². The molecule has 1 unspecified atom stereocenters. The fraction of sp³-hybridized carbons (Fsp3) is 0.459. The summed E-state index contributed by atoms with van der Waals surface area (Å²) < 4.78 is 46.8. The second-order valence-corrected chi connectivity index (χ2v) is 20.7. The summed E-state index contributed by atoms with van der Waals surface area (Å²) in [6.07, 6.45) is -4.36. The molecular formula is C37H47N4O13PSi. The average Bonchev–Trinajstić information content (AvgIpc) is 3.72. The van der Waals surface area contributed by atoms with E-state index < -0.39 is 106 Å². The van der Waals surface area contributed by atoms with Gasteiger partial charge in [-0.15, -0.1) is 0 Å². The van der Waals surface area contributed by atoms with Crippen molar-refractivity contribution in [3.8, 4) is 0 Å². The second kappa shape index (κ2) is 16.4. The molecule has 2 aromatic heterocycles. The number of aliphatic hydroxyl groups is 2. The number of hydrogen-bond acceptors (Lipinski definition) is 12. The van der Waals surface area contributed by atoms with Gasteiger partial charge in [0.25, 0.3) is 19.4 Å². The molecule has 2 saturated heterocycles. The molecule has 2 fully saturated rings. The Kier molecular flexibility index (Phi) is 12.2. The van der Waals surface area contributed by atoms with E-state index in [-0.39, 0.29) is 17.5 Å². The van der Waals surface area contributed by atoms with E-state index in [1.54, 1.807) is 6.92 Å². The number of phosphoric acid groups is 1. The van der Waals surface area contributed by atoms with E-state index in [4.69, 9.17) is 22.9 Å². The van der Waals surface area contributed by atoms with Crippen LogP contribution in [0.1, 0.15) is 50.8 Å². The van der Waals surface area contributed by atoms with Crippen LogP contribution in [0.4, 0.5) is 0 Å². The molecule has 19 heteroatoms. The first-order chi connectivity index (χ1) is 26.5. The van der Waals surface area contributed by atoms with E-state index in [0.29, 0.717) is 0 Å². The zero-order chi connectivity index (χ0) is 40.6. The monoisotopic (exact) mass is 814 g/mol. The lowest BCUT2D eigenvalue weighted by molar-refractivity contribution is -0.0618. The summed E-state index contributed by atoms with van der Waals surface area (Å²) in [7, 11) is -8.40. The highest BCUT2D eigenvalue weighted by Gasteiger charge is 2.55. The Balaban J connectivity index is 1.35. The second-order valence-electron chi connectivity index (χ2n) is 15.1. The van der Waals surface area contributed by atoms with Crippen LogP contribution in [0.2, 0.25) is 5.04 Å². The molecule has 17 nitrogen and oxygen atoms in total. The van der Waals surface area contributed by atoms with E-state index in [1.165, 1.54) is 23.9 Å². The lowest BCUT2D eigenvalue weighted by Gasteiger charge is -2.45. The first-order valence-corrected chi connectivity index (χ1v) is 21.5. The zero-order valence-electron chi connectivity index (χ0n) is 31.6. The third-order valence-electron chi connectivity index (χ3n) is 10.3. The smallest absolute Gasteiger partial charge is 0.402 e. The minimum absolute atomic E-state index is 0.0816. The molecule has 0 bridgehead atoms. The van der Waals surface area contributed by atoms with Crippen LogP contribution >= 0.6 is 7.82 Å². The third kappa shape index (κ3) is 8.17. The molecule has 0 saturated carbocycles. The molecule has 2 aromatic carbocycles. The van der Waals surface area contributed by atoms with Crippen LogP contribution in [0.25, 0.3) is 0 Å². The zero-order valence-corrected chi connectivity index (χ0v) is 33.5. The maximum absolute atomic E-state index is 13.8. The number of phosphoric ester groups is 1. The van der Waals surface area contributed by atoms with Gasteiger partial charge in [0.2, 0.25) is 0 Å². The molecule has 6 rings (SSSR count). The lowest BCUT2D eigenvalue weighted by Crippen LogP contribution is -2.68. The molecule has 0 amide bonds. The van der Waals surface area contributed by atoms with Gasteiger partial charge in [0.1, 0.15) is 18.4 Å². The molecule has 0 aliphatic carbocycles. The minimum atomic E-state index is -5.12. The third-order valence-corrected chi connectivity index (χ3v) is 16.4. The molecule has 8 atom stereocenters. The Hall–Kier alpha value is -4.07. The Morgan fingerprint density at radius 2 is 1.36 bits per heavy atom. The molecule has 56 heavy (non-hydrogen) atoms. The predicted octanol–water partition coefficient (Wildman–Crippen LogP) is 0.937. The summed E-state index contributed by atoms with van der Waals surface area (Å²) >= 11 is 0. The number of benzene rings is 2. The van der Waals surface area contributed by atoms with Crippen LogP contribution in [0.15, 0.2) is 92.2 Å². The van der Waals surface area contributed by atoms with Crippen molar-refractivity contribution in [1.29, 1.82) is 0 Å². The van der Waals surface area contributed by atoms with E-state index in [9.17, 15) is 38.8 Å². The summed E-state index contributed by atoms with van der Waals surface area (Å²) in [4.78, 5) is 65.9. The minimum Gasteiger partial charge on any atom is -0.402 e. The number of aryl methyl sites for hydroxylation is 2. The molecule has 2 aliphatic rings. The van der Waals surface area contributed by atoms with Crippen LogP contribution in [-0.4, -0.2) is 86.8 Å². The van der Waals surface area contributed by atoms with Crippen LogP contribution < -0.4 is 32.9 Å². The maximum atomic E-state index is 13.8. The first kappa shape index (κ1) is 41.6. The molecule has 0 spiro atoms. The summed E-state index contributed by atoms with van der Waals surface area (Å²) in [5.74, 6) is -1.10. The fourth-order valence-electron chi connectivity index (χ4n) is 7.53. The van der Waals surface area contributed by atoms with Crippen molar-refractivity contribution >= 4 is 26.5 Å². The number of H-pyrrole nitrogens is 2. The number of ether oxygens (including phenoxy) is 2.